The van der Waals surface area contributed by atoms with Gasteiger partial charge in [-0.15, -0.1) is 0 Å². The van der Waals surface area contributed by atoms with Gasteiger partial charge in [-0.05, 0) is 34.5 Å². The van der Waals surface area contributed by atoms with Crippen molar-refractivity contribution in [3.63, 3.8) is 0 Å². The Hall–Kier alpha value is -1.82. The standard InChI is InChI=1S/C12H10BrNO4/c1-6-3-4-7(13)11(17-2)10(6)9-5-8(12(15)16)14-18-9/h3-5H,1-2H3,(H,15,16). The fraction of sp³-hybridized carbons (Fsp3) is 0.167. The lowest BCUT2D eigenvalue weighted by molar-refractivity contribution is 0.0686. The molecule has 0 aliphatic heterocycles. The van der Waals surface area contributed by atoms with E-state index >= 15 is 0 Å². The molecule has 0 saturated carbocycles. The Balaban J connectivity index is 2.62. The molecule has 0 spiro atoms. The number of methoxy groups -OCH3 is 1. The van der Waals surface area contributed by atoms with Crippen LogP contribution in [0.25, 0.3) is 11.3 Å². The van der Waals surface area contributed by atoms with E-state index in [0.29, 0.717) is 17.1 Å². The fourth-order valence-electron chi connectivity index (χ4n) is 1.66. The van der Waals surface area contributed by atoms with Crippen molar-refractivity contribution in [2.24, 2.45) is 0 Å². The van der Waals surface area contributed by atoms with Gasteiger partial charge in [0.15, 0.2) is 11.5 Å². The highest BCUT2D eigenvalue weighted by atomic mass is 79.9. The summed E-state index contributed by atoms with van der Waals surface area (Å²) in [4.78, 5) is 10.8. The molecule has 1 aromatic heterocycles. The van der Waals surface area contributed by atoms with Crippen LogP contribution in [0, 0.1) is 6.92 Å². The summed E-state index contributed by atoms with van der Waals surface area (Å²) in [5.74, 6) is -0.178. The molecule has 6 heteroatoms. The minimum Gasteiger partial charge on any atom is -0.495 e. The Morgan fingerprint density at radius 2 is 2.22 bits per heavy atom. The highest BCUT2D eigenvalue weighted by Gasteiger charge is 2.19. The summed E-state index contributed by atoms with van der Waals surface area (Å²) in [5, 5.41) is 12.3. The van der Waals surface area contributed by atoms with Crippen molar-refractivity contribution in [3.05, 3.63) is 33.9 Å². The molecule has 0 saturated heterocycles. The Kier molecular flexibility index (Phi) is 3.38. The predicted octanol–water partition coefficient (Wildman–Crippen LogP) is 3.12. The van der Waals surface area contributed by atoms with Gasteiger partial charge in [-0.3, -0.25) is 0 Å². The average Bonchev–Trinajstić information content (AvgIpc) is 2.81. The highest BCUT2D eigenvalue weighted by molar-refractivity contribution is 9.10. The third-order valence-electron chi connectivity index (χ3n) is 2.50. The largest absolute Gasteiger partial charge is 0.495 e. The Morgan fingerprint density at radius 1 is 1.50 bits per heavy atom. The molecule has 1 aromatic carbocycles. The molecule has 2 aromatic rings. The predicted molar refractivity (Wildman–Crippen MR) is 67.9 cm³/mol. The van der Waals surface area contributed by atoms with Gasteiger partial charge in [0, 0.05) is 6.07 Å². The maximum Gasteiger partial charge on any atom is 0.358 e. The lowest BCUT2D eigenvalue weighted by Crippen LogP contribution is -1.95. The van der Waals surface area contributed by atoms with Crippen LogP contribution < -0.4 is 4.74 Å². The summed E-state index contributed by atoms with van der Waals surface area (Å²) in [6.45, 7) is 1.88. The monoisotopic (exact) mass is 311 g/mol. The van der Waals surface area contributed by atoms with E-state index in [9.17, 15) is 4.79 Å². The van der Waals surface area contributed by atoms with E-state index in [2.05, 4.69) is 21.1 Å². The first-order valence-electron chi connectivity index (χ1n) is 5.08. The SMILES string of the molecule is COc1c(Br)ccc(C)c1-c1cc(C(=O)O)no1. The summed E-state index contributed by atoms with van der Waals surface area (Å²) in [5.41, 5.74) is 1.46. The number of benzene rings is 1. The fourth-order valence-corrected chi connectivity index (χ4v) is 2.15. The van der Waals surface area contributed by atoms with Gasteiger partial charge in [-0.1, -0.05) is 11.2 Å². The summed E-state index contributed by atoms with van der Waals surface area (Å²) >= 11 is 3.37. The molecule has 1 N–H and O–H groups in total. The molecule has 18 heavy (non-hydrogen) atoms. The van der Waals surface area contributed by atoms with E-state index in [-0.39, 0.29) is 5.69 Å². The van der Waals surface area contributed by atoms with E-state index in [1.807, 2.05) is 19.1 Å². The number of rotatable bonds is 3. The molecular formula is C12H10BrNO4. The second-order valence-electron chi connectivity index (χ2n) is 3.65. The zero-order valence-corrected chi connectivity index (χ0v) is 11.3. The number of carboxylic acids is 1. The van der Waals surface area contributed by atoms with Gasteiger partial charge in [0.05, 0.1) is 17.1 Å². The van der Waals surface area contributed by atoms with Crippen LogP contribution in [0.1, 0.15) is 16.1 Å². The molecule has 1 heterocycles. The molecule has 0 amide bonds. The summed E-state index contributed by atoms with van der Waals surface area (Å²) in [6, 6.07) is 5.11. The van der Waals surface area contributed by atoms with Gasteiger partial charge in [0.1, 0.15) is 5.75 Å². The van der Waals surface area contributed by atoms with Gasteiger partial charge in [-0.2, -0.15) is 0 Å². The topological polar surface area (TPSA) is 72.6 Å². The molecule has 0 aliphatic rings. The zero-order valence-electron chi connectivity index (χ0n) is 9.73. The summed E-state index contributed by atoms with van der Waals surface area (Å²) < 4.78 is 11.1. The first kappa shape index (κ1) is 12.6. The number of carboxylic acid groups (broad SMARTS) is 1. The van der Waals surface area contributed by atoms with Gasteiger partial charge in [-0.25, -0.2) is 4.79 Å². The van der Waals surface area contributed by atoms with Crippen molar-refractivity contribution < 1.29 is 19.2 Å². The van der Waals surface area contributed by atoms with Gasteiger partial charge < -0.3 is 14.4 Å². The molecule has 94 valence electrons. The number of carbonyl (C=O) groups is 1. The highest BCUT2D eigenvalue weighted by Crippen LogP contribution is 2.38. The lowest BCUT2D eigenvalue weighted by atomic mass is 10.1. The number of aromatic carboxylic acids is 1. The number of nitrogens with zero attached hydrogens (tertiary/aromatic N) is 1. The van der Waals surface area contributed by atoms with Crippen LogP contribution >= 0.6 is 15.9 Å². The number of ether oxygens (including phenoxy) is 1. The van der Waals surface area contributed by atoms with Crippen LogP contribution in [-0.4, -0.2) is 23.3 Å². The Labute approximate surface area is 111 Å². The molecule has 0 atom stereocenters. The van der Waals surface area contributed by atoms with Crippen LogP contribution in [0.15, 0.2) is 27.2 Å². The molecule has 0 bridgehead atoms. The van der Waals surface area contributed by atoms with Crippen LogP contribution in [0.4, 0.5) is 0 Å². The first-order valence-corrected chi connectivity index (χ1v) is 5.87. The number of hydrogen-bond acceptors (Lipinski definition) is 4. The number of aromatic nitrogens is 1. The third kappa shape index (κ3) is 2.11. The maximum atomic E-state index is 10.8. The van der Waals surface area contributed by atoms with Crippen molar-refractivity contribution in [1.82, 2.24) is 5.16 Å². The minimum atomic E-state index is -1.13. The van der Waals surface area contributed by atoms with E-state index in [1.54, 1.807) is 0 Å². The first-order chi connectivity index (χ1) is 8.54. The van der Waals surface area contributed by atoms with Gasteiger partial charge in [0.2, 0.25) is 0 Å². The number of hydrogen-bond donors (Lipinski definition) is 1. The van der Waals surface area contributed by atoms with E-state index < -0.39 is 5.97 Å². The van der Waals surface area contributed by atoms with E-state index in [0.717, 1.165) is 10.0 Å². The average molecular weight is 312 g/mol. The van der Waals surface area contributed by atoms with E-state index in [1.165, 1.54) is 13.2 Å². The summed E-state index contributed by atoms with van der Waals surface area (Å²) in [7, 11) is 1.54. The molecular weight excluding hydrogens is 302 g/mol. The van der Waals surface area contributed by atoms with Crippen LogP contribution in [-0.2, 0) is 0 Å². The lowest BCUT2D eigenvalue weighted by Gasteiger charge is -2.10. The van der Waals surface area contributed by atoms with Crippen LogP contribution in [0.5, 0.6) is 5.75 Å². The second-order valence-corrected chi connectivity index (χ2v) is 4.51. The van der Waals surface area contributed by atoms with Crippen molar-refractivity contribution in [1.29, 1.82) is 0 Å². The van der Waals surface area contributed by atoms with Gasteiger partial charge in [0.25, 0.3) is 0 Å². The molecule has 2 rings (SSSR count). The Bertz CT molecular complexity index is 606. The smallest absolute Gasteiger partial charge is 0.358 e. The summed E-state index contributed by atoms with van der Waals surface area (Å²) in [6.07, 6.45) is 0. The molecule has 0 unspecified atom stereocenters. The third-order valence-corrected chi connectivity index (χ3v) is 3.12. The van der Waals surface area contributed by atoms with Gasteiger partial charge >= 0.3 is 5.97 Å². The number of halogens is 1. The second kappa shape index (κ2) is 4.81. The zero-order chi connectivity index (χ0) is 13.3. The quantitative estimate of drug-likeness (QED) is 0.942. The maximum absolute atomic E-state index is 10.8. The number of aryl methyl sites for hydroxylation is 1. The van der Waals surface area contributed by atoms with Crippen molar-refractivity contribution in [2.45, 2.75) is 6.92 Å². The van der Waals surface area contributed by atoms with Crippen molar-refractivity contribution >= 4 is 21.9 Å². The van der Waals surface area contributed by atoms with Crippen LogP contribution in [0.2, 0.25) is 0 Å². The molecule has 0 radical (unpaired) electrons. The molecule has 0 aliphatic carbocycles. The molecule has 0 fully saturated rings. The Morgan fingerprint density at radius 3 is 2.78 bits per heavy atom. The van der Waals surface area contributed by atoms with Crippen molar-refractivity contribution in [2.75, 3.05) is 7.11 Å². The normalized spacial score (nSPS) is 10.4. The minimum absolute atomic E-state index is 0.133. The van der Waals surface area contributed by atoms with Crippen LogP contribution in [0.3, 0.4) is 0 Å². The van der Waals surface area contributed by atoms with Crippen molar-refractivity contribution in [3.8, 4) is 17.1 Å². The van der Waals surface area contributed by atoms with E-state index in [4.69, 9.17) is 14.4 Å². The molecule has 5 nitrogen and oxygen atoms in total.